The summed E-state index contributed by atoms with van der Waals surface area (Å²) < 4.78 is 0. The van der Waals surface area contributed by atoms with Gasteiger partial charge >= 0.3 is 0 Å². The molecule has 0 heterocycles. The molecule has 0 spiro atoms. The van der Waals surface area contributed by atoms with Gasteiger partial charge < -0.3 is 21.3 Å². The van der Waals surface area contributed by atoms with Crippen LogP contribution in [0.15, 0.2) is 109 Å². The van der Waals surface area contributed by atoms with E-state index in [9.17, 15) is 0 Å². The van der Waals surface area contributed by atoms with Gasteiger partial charge in [-0.15, -0.1) is 0 Å². The minimum Gasteiger partial charge on any atom is -0.381 e. The van der Waals surface area contributed by atoms with E-state index < -0.39 is 0 Å². The highest BCUT2D eigenvalue weighted by Gasteiger charge is 2.15. The van der Waals surface area contributed by atoms with Crippen molar-refractivity contribution in [1.82, 2.24) is 0 Å². The maximum Gasteiger partial charge on any atom is 0.0457 e. The highest BCUT2D eigenvalue weighted by atomic mass is 15.0. The van der Waals surface area contributed by atoms with Gasteiger partial charge in [0, 0.05) is 46.2 Å². The van der Waals surface area contributed by atoms with Crippen molar-refractivity contribution in [3.63, 3.8) is 0 Å². The summed E-state index contributed by atoms with van der Waals surface area (Å²) in [6.45, 7) is 4.44. The Hall–Kier alpha value is -3.92. The topological polar surface area (TPSA) is 48.1 Å². The molecule has 4 aromatic carbocycles. The average molecular weight is 437 g/mol. The second-order valence-electron chi connectivity index (χ2n) is 8.23. The highest BCUT2D eigenvalue weighted by molar-refractivity contribution is 5.64. The van der Waals surface area contributed by atoms with E-state index in [0.29, 0.717) is 6.04 Å². The Labute approximate surface area is 197 Å². The van der Waals surface area contributed by atoms with Crippen molar-refractivity contribution in [2.24, 2.45) is 0 Å². The van der Waals surface area contributed by atoms with Crippen molar-refractivity contribution in [1.29, 1.82) is 0 Å². The van der Waals surface area contributed by atoms with E-state index in [4.69, 9.17) is 0 Å². The molecule has 0 aliphatic rings. The van der Waals surface area contributed by atoms with Crippen molar-refractivity contribution < 1.29 is 0 Å². The second-order valence-corrected chi connectivity index (χ2v) is 8.23. The predicted octanol–water partition coefficient (Wildman–Crippen LogP) is 7.86. The van der Waals surface area contributed by atoms with Crippen LogP contribution in [-0.4, -0.2) is 12.1 Å². The molecular formula is C29H32N4. The van der Waals surface area contributed by atoms with Crippen LogP contribution in [0.2, 0.25) is 0 Å². The Morgan fingerprint density at radius 1 is 0.485 bits per heavy atom. The molecule has 4 aromatic rings. The summed E-state index contributed by atoms with van der Waals surface area (Å²) in [4.78, 5) is 0. The van der Waals surface area contributed by atoms with Crippen molar-refractivity contribution in [2.45, 2.75) is 32.4 Å². The van der Waals surface area contributed by atoms with Crippen LogP contribution in [0.1, 0.15) is 20.3 Å². The van der Waals surface area contributed by atoms with Gasteiger partial charge in [-0.05, 0) is 86.1 Å². The van der Waals surface area contributed by atoms with Gasteiger partial charge in [-0.25, -0.2) is 0 Å². The quantitative estimate of drug-likeness (QED) is 0.204. The zero-order valence-electron chi connectivity index (χ0n) is 19.3. The van der Waals surface area contributed by atoms with Crippen molar-refractivity contribution >= 4 is 34.1 Å². The lowest BCUT2D eigenvalue weighted by atomic mass is 10.1. The van der Waals surface area contributed by atoms with Crippen LogP contribution in [0.4, 0.5) is 34.1 Å². The lowest BCUT2D eigenvalue weighted by Crippen LogP contribution is -2.36. The molecule has 0 saturated carbocycles. The molecule has 0 aromatic heterocycles. The number of rotatable bonds is 10. The Morgan fingerprint density at radius 2 is 0.848 bits per heavy atom. The Bertz CT molecular complexity index is 1090. The van der Waals surface area contributed by atoms with E-state index in [0.717, 1.165) is 40.5 Å². The Kier molecular flexibility index (Phi) is 7.49. The molecule has 4 nitrogen and oxygen atoms in total. The fraction of sp³-hybridized carbons (Fsp3) is 0.172. The first-order chi connectivity index (χ1) is 16.2. The predicted molar refractivity (Wildman–Crippen MR) is 143 cm³/mol. The van der Waals surface area contributed by atoms with E-state index in [2.05, 4.69) is 108 Å². The van der Waals surface area contributed by atoms with Gasteiger partial charge in [-0.2, -0.15) is 0 Å². The average Bonchev–Trinajstić information content (AvgIpc) is 2.86. The summed E-state index contributed by atoms with van der Waals surface area (Å²) in [5.41, 5.74) is 6.57. The summed E-state index contributed by atoms with van der Waals surface area (Å²) in [7, 11) is 0. The van der Waals surface area contributed by atoms with Gasteiger partial charge in [0.05, 0.1) is 0 Å². The molecule has 2 atom stereocenters. The van der Waals surface area contributed by atoms with Gasteiger partial charge in [-0.3, -0.25) is 0 Å². The summed E-state index contributed by atoms with van der Waals surface area (Å²) in [5, 5.41) is 14.2. The summed E-state index contributed by atoms with van der Waals surface area (Å²) in [5.74, 6) is 0. The molecule has 0 fully saturated rings. The Morgan fingerprint density at radius 3 is 1.27 bits per heavy atom. The molecule has 0 aliphatic carbocycles. The maximum absolute atomic E-state index is 3.68. The first-order valence-corrected chi connectivity index (χ1v) is 11.6. The number of hydrogen-bond acceptors (Lipinski definition) is 4. The number of nitrogens with one attached hydrogen (secondary N) is 4. The standard InChI is InChI=1S/C29H32N4/c1-3-29(33-28-20-18-27(19-21-28)32-24-12-8-5-9-13-24)22(2)30-25-14-16-26(17-15-25)31-23-10-6-4-7-11-23/h4-22,29-33H,3H2,1-2H3. The number of para-hydroxylation sites is 2. The fourth-order valence-corrected chi connectivity index (χ4v) is 3.83. The van der Waals surface area contributed by atoms with E-state index in [1.807, 2.05) is 36.4 Å². The van der Waals surface area contributed by atoms with Crippen LogP contribution in [0.25, 0.3) is 0 Å². The largest absolute Gasteiger partial charge is 0.381 e. The SMILES string of the molecule is CCC(Nc1ccc(Nc2ccccc2)cc1)C(C)Nc1ccc(Nc2ccccc2)cc1. The molecule has 2 unspecified atom stereocenters. The molecule has 33 heavy (non-hydrogen) atoms. The van der Waals surface area contributed by atoms with Gasteiger partial charge in [-0.1, -0.05) is 43.3 Å². The lowest BCUT2D eigenvalue weighted by molar-refractivity contribution is 0.609. The van der Waals surface area contributed by atoms with Crippen LogP contribution in [0, 0.1) is 0 Å². The van der Waals surface area contributed by atoms with Crippen molar-refractivity contribution in [2.75, 3.05) is 21.3 Å². The summed E-state index contributed by atoms with van der Waals surface area (Å²) in [6.07, 6.45) is 1.02. The number of hydrogen-bond donors (Lipinski definition) is 4. The molecule has 4 rings (SSSR count). The van der Waals surface area contributed by atoms with Crippen molar-refractivity contribution in [3.8, 4) is 0 Å². The molecular weight excluding hydrogens is 404 g/mol. The minimum atomic E-state index is 0.269. The number of benzene rings is 4. The van der Waals surface area contributed by atoms with Gasteiger partial charge in [0.2, 0.25) is 0 Å². The lowest BCUT2D eigenvalue weighted by Gasteiger charge is -2.27. The van der Waals surface area contributed by atoms with E-state index in [-0.39, 0.29) is 6.04 Å². The third kappa shape index (κ3) is 6.53. The molecule has 0 amide bonds. The molecule has 0 radical (unpaired) electrons. The Balaban J connectivity index is 1.31. The minimum absolute atomic E-state index is 0.269. The highest BCUT2D eigenvalue weighted by Crippen LogP contribution is 2.22. The zero-order valence-corrected chi connectivity index (χ0v) is 19.3. The molecule has 0 saturated heterocycles. The van der Waals surface area contributed by atoms with Crippen LogP contribution >= 0.6 is 0 Å². The molecule has 168 valence electrons. The second kappa shape index (κ2) is 11.1. The van der Waals surface area contributed by atoms with Crippen LogP contribution < -0.4 is 21.3 Å². The van der Waals surface area contributed by atoms with Crippen LogP contribution in [0.3, 0.4) is 0 Å². The normalized spacial score (nSPS) is 12.4. The smallest absolute Gasteiger partial charge is 0.0457 e. The van der Waals surface area contributed by atoms with Gasteiger partial charge in [0.15, 0.2) is 0 Å². The summed E-state index contributed by atoms with van der Waals surface area (Å²) in [6, 6.07) is 38.0. The van der Waals surface area contributed by atoms with Crippen molar-refractivity contribution in [3.05, 3.63) is 109 Å². The molecule has 0 bridgehead atoms. The molecule has 0 aliphatic heterocycles. The van der Waals surface area contributed by atoms with E-state index >= 15 is 0 Å². The maximum atomic E-state index is 3.68. The summed E-state index contributed by atoms with van der Waals surface area (Å²) >= 11 is 0. The zero-order chi connectivity index (χ0) is 22.9. The fourth-order valence-electron chi connectivity index (χ4n) is 3.83. The number of anilines is 6. The third-order valence-corrected chi connectivity index (χ3v) is 5.68. The molecule has 4 N–H and O–H groups in total. The van der Waals surface area contributed by atoms with Gasteiger partial charge in [0.25, 0.3) is 0 Å². The monoisotopic (exact) mass is 436 g/mol. The van der Waals surface area contributed by atoms with Crippen LogP contribution in [0.5, 0.6) is 0 Å². The first kappa shape index (κ1) is 22.3. The van der Waals surface area contributed by atoms with E-state index in [1.54, 1.807) is 0 Å². The molecule has 4 heteroatoms. The van der Waals surface area contributed by atoms with Crippen LogP contribution in [-0.2, 0) is 0 Å². The third-order valence-electron chi connectivity index (χ3n) is 5.68. The first-order valence-electron chi connectivity index (χ1n) is 11.6. The van der Waals surface area contributed by atoms with E-state index in [1.165, 1.54) is 0 Å². The van der Waals surface area contributed by atoms with Gasteiger partial charge in [0.1, 0.15) is 0 Å².